The lowest BCUT2D eigenvalue weighted by Gasteiger charge is -2.40. The van der Waals surface area contributed by atoms with Crippen LogP contribution in [-0.2, 0) is 12.7 Å². The van der Waals surface area contributed by atoms with Crippen LogP contribution in [0.25, 0.3) is 0 Å². The Morgan fingerprint density at radius 1 is 1.17 bits per heavy atom. The number of hydrogen-bond acceptors (Lipinski definition) is 4. The van der Waals surface area contributed by atoms with Crippen molar-refractivity contribution in [1.82, 2.24) is 5.32 Å². The summed E-state index contributed by atoms with van der Waals surface area (Å²) >= 11 is 0. The first-order valence-corrected chi connectivity index (χ1v) is 7.48. The number of rotatable bonds is 0. The Morgan fingerprint density at radius 3 is 2.67 bits per heavy atom. The fraction of sp³-hybridized carbons (Fsp3) is 0.294. The maximum Gasteiger partial charge on any atom is 0.420 e. The Kier molecular flexibility index (Phi) is 3.18. The molecule has 2 aromatic rings. The van der Waals surface area contributed by atoms with Crippen LogP contribution in [0.2, 0.25) is 0 Å². The van der Waals surface area contributed by atoms with Crippen molar-refractivity contribution in [1.29, 1.82) is 0 Å². The number of fused-ring (bicyclic) bond motifs is 5. The summed E-state index contributed by atoms with van der Waals surface area (Å²) in [5.74, 6) is -2.65. The molecular formula is C17H14F3NO3. The van der Waals surface area contributed by atoms with Gasteiger partial charge in [-0.2, -0.15) is 13.2 Å². The Hall–Kier alpha value is -2.41. The van der Waals surface area contributed by atoms with Gasteiger partial charge >= 0.3 is 6.18 Å². The highest BCUT2D eigenvalue weighted by atomic mass is 19.4. The molecule has 0 aliphatic carbocycles. The van der Waals surface area contributed by atoms with Crippen molar-refractivity contribution in [2.75, 3.05) is 6.61 Å². The van der Waals surface area contributed by atoms with Crippen LogP contribution >= 0.6 is 0 Å². The third-order valence-electron chi connectivity index (χ3n) is 4.64. The molecule has 4 nitrogen and oxygen atoms in total. The molecule has 0 radical (unpaired) electrons. The van der Waals surface area contributed by atoms with Crippen LogP contribution in [0.15, 0.2) is 30.3 Å². The SMILES string of the molecule is Oc1cc2c(c(C(F)(F)F)c1O)C1c3ccccc3CNC1CO2. The number of benzene rings is 2. The topological polar surface area (TPSA) is 61.7 Å². The zero-order chi connectivity index (χ0) is 17.1. The highest BCUT2D eigenvalue weighted by Crippen LogP contribution is 2.53. The molecule has 4 rings (SSSR count). The summed E-state index contributed by atoms with van der Waals surface area (Å²) in [6.45, 7) is 0.731. The Bertz CT molecular complexity index is 819. The summed E-state index contributed by atoms with van der Waals surface area (Å²) in [5.41, 5.74) is 0.327. The number of phenolic OH excluding ortho intramolecular Hbond substituents is 2. The Labute approximate surface area is 135 Å². The smallest absolute Gasteiger partial charge is 0.420 e. The summed E-state index contributed by atoms with van der Waals surface area (Å²) in [5, 5.41) is 22.7. The summed E-state index contributed by atoms with van der Waals surface area (Å²) in [6.07, 6.45) is -4.81. The number of nitrogens with one attached hydrogen (secondary N) is 1. The first-order chi connectivity index (χ1) is 11.4. The monoisotopic (exact) mass is 337 g/mol. The van der Waals surface area contributed by atoms with Gasteiger partial charge in [0.2, 0.25) is 0 Å². The third kappa shape index (κ3) is 2.11. The number of aromatic hydroxyl groups is 2. The van der Waals surface area contributed by atoms with Crippen LogP contribution in [-0.4, -0.2) is 22.9 Å². The van der Waals surface area contributed by atoms with Crippen molar-refractivity contribution in [2.24, 2.45) is 0 Å². The van der Waals surface area contributed by atoms with Gasteiger partial charge in [0, 0.05) is 24.1 Å². The van der Waals surface area contributed by atoms with Gasteiger partial charge in [-0.05, 0) is 11.1 Å². The molecule has 24 heavy (non-hydrogen) atoms. The molecule has 2 aromatic carbocycles. The molecule has 2 heterocycles. The van der Waals surface area contributed by atoms with Crippen molar-refractivity contribution >= 4 is 0 Å². The second kappa shape index (κ2) is 5.04. The van der Waals surface area contributed by atoms with Crippen LogP contribution in [0.4, 0.5) is 13.2 Å². The molecule has 126 valence electrons. The minimum Gasteiger partial charge on any atom is -0.504 e. The summed E-state index contributed by atoms with van der Waals surface area (Å²) in [7, 11) is 0. The zero-order valence-electron chi connectivity index (χ0n) is 12.4. The number of phenols is 2. The first kappa shape index (κ1) is 15.1. The van der Waals surface area contributed by atoms with Gasteiger partial charge in [0.15, 0.2) is 11.5 Å². The minimum atomic E-state index is -4.81. The van der Waals surface area contributed by atoms with Crippen molar-refractivity contribution < 1.29 is 28.1 Å². The largest absolute Gasteiger partial charge is 0.504 e. The third-order valence-corrected chi connectivity index (χ3v) is 4.64. The van der Waals surface area contributed by atoms with E-state index in [0.29, 0.717) is 6.54 Å². The van der Waals surface area contributed by atoms with Crippen molar-refractivity contribution in [3.05, 3.63) is 52.6 Å². The van der Waals surface area contributed by atoms with Crippen molar-refractivity contribution in [3.63, 3.8) is 0 Å². The van der Waals surface area contributed by atoms with Crippen molar-refractivity contribution in [3.8, 4) is 17.2 Å². The van der Waals surface area contributed by atoms with Gasteiger partial charge in [-0.1, -0.05) is 24.3 Å². The van der Waals surface area contributed by atoms with Gasteiger partial charge in [0.05, 0.1) is 6.04 Å². The summed E-state index contributed by atoms with van der Waals surface area (Å²) in [6, 6.07) is 7.99. The molecule has 0 bridgehead atoms. The van der Waals surface area contributed by atoms with Gasteiger partial charge in [-0.3, -0.25) is 0 Å². The maximum absolute atomic E-state index is 13.6. The van der Waals surface area contributed by atoms with Gasteiger partial charge in [0.25, 0.3) is 0 Å². The number of alkyl halides is 3. The normalized spacial score (nSPS) is 22.1. The number of ether oxygens (including phenoxy) is 1. The molecule has 2 unspecified atom stereocenters. The molecule has 0 aromatic heterocycles. The standard InChI is InChI=1S/C17H14F3NO3/c18-17(19,20)15-14-12(5-11(22)16(15)23)24-7-10-13(14)9-4-2-1-3-8(9)6-21-10/h1-5,10,13,21-23H,6-7H2. The van der Waals surface area contributed by atoms with E-state index in [2.05, 4.69) is 5.32 Å². The maximum atomic E-state index is 13.6. The van der Waals surface area contributed by atoms with E-state index in [1.165, 1.54) is 0 Å². The predicted molar refractivity (Wildman–Crippen MR) is 79.2 cm³/mol. The molecule has 0 spiro atoms. The summed E-state index contributed by atoms with van der Waals surface area (Å²) in [4.78, 5) is 0. The average molecular weight is 337 g/mol. The molecule has 7 heteroatoms. The highest BCUT2D eigenvalue weighted by Gasteiger charge is 2.46. The van der Waals surface area contributed by atoms with Crippen LogP contribution in [0.3, 0.4) is 0 Å². The van der Waals surface area contributed by atoms with Crippen molar-refractivity contribution in [2.45, 2.75) is 24.7 Å². The highest BCUT2D eigenvalue weighted by molar-refractivity contribution is 5.62. The van der Waals surface area contributed by atoms with Gasteiger partial charge < -0.3 is 20.3 Å². The Balaban J connectivity index is 2.03. The second-order valence-electron chi connectivity index (χ2n) is 6.00. The molecule has 3 N–H and O–H groups in total. The molecule has 2 aliphatic rings. The number of halogens is 3. The van der Waals surface area contributed by atoms with E-state index in [0.717, 1.165) is 17.2 Å². The molecule has 0 saturated heterocycles. The second-order valence-corrected chi connectivity index (χ2v) is 6.00. The fourth-order valence-electron chi connectivity index (χ4n) is 3.63. The van der Waals surface area contributed by atoms with E-state index < -0.39 is 29.2 Å². The van der Waals surface area contributed by atoms with E-state index in [1.807, 2.05) is 12.1 Å². The number of hydrogen-bond donors (Lipinski definition) is 3. The van der Waals surface area contributed by atoms with E-state index in [4.69, 9.17) is 4.74 Å². The van der Waals surface area contributed by atoms with Crippen LogP contribution < -0.4 is 10.1 Å². The quantitative estimate of drug-likeness (QED) is 0.647. The van der Waals surface area contributed by atoms with Gasteiger partial charge in [-0.15, -0.1) is 0 Å². The molecule has 2 aliphatic heterocycles. The molecule has 0 saturated carbocycles. The molecule has 0 amide bonds. The van der Waals surface area contributed by atoms with Crippen LogP contribution in [0.5, 0.6) is 17.2 Å². The van der Waals surface area contributed by atoms with E-state index >= 15 is 0 Å². The lowest BCUT2D eigenvalue weighted by molar-refractivity contribution is -0.140. The van der Waals surface area contributed by atoms with E-state index in [1.54, 1.807) is 12.1 Å². The Morgan fingerprint density at radius 2 is 1.92 bits per heavy atom. The average Bonchev–Trinajstić information content (AvgIpc) is 2.54. The predicted octanol–water partition coefficient (Wildman–Crippen LogP) is 3.11. The molecule has 0 fully saturated rings. The van der Waals surface area contributed by atoms with E-state index in [-0.39, 0.29) is 24.0 Å². The molecule has 2 atom stereocenters. The van der Waals surface area contributed by atoms with Crippen LogP contribution in [0.1, 0.15) is 28.2 Å². The summed E-state index contributed by atoms with van der Waals surface area (Å²) < 4.78 is 46.3. The van der Waals surface area contributed by atoms with Gasteiger partial charge in [-0.25, -0.2) is 0 Å². The van der Waals surface area contributed by atoms with Crippen LogP contribution in [0, 0.1) is 0 Å². The molecular weight excluding hydrogens is 323 g/mol. The lowest BCUT2D eigenvalue weighted by atomic mass is 9.76. The lowest BCUT2D eigenvalue weighted by Crippen LogP contribution is -2.46. The van der Waals surface area contributed by atoms with Gasteiger partial charge in [0.1, 0.15) is 17.9 Å². The fourth-order valence-corrected chi connectivity index (χ4v) is 3.63. The van der Waals surface area contributed by atoms with E-state index in [9.17, 15) is 23.4 Å². The zero-order valence-corrected chi connectivity index (χ0v) is 12.4. The minimum absolute atomic E-state index is 0.0441. The first-order valence-electron chi connectivity index (χ1n) is 7.48.